The summed E-state index contributed by atoms with van der Waals surface area (Å²) in [7, 11) is 0. The molecular formula is C92H115Cl5N36O5. The van der Waals surface area contributed by atoms with Crippen molar-refractivity contribution in [2.24, 2.45) is 11.8 Å². The van der Waals surface area contributed by atoms with E-state index < -0.39 is 5.97 Å². The van der Waals surface area contributed by atoms with Gasteiger partial charge in [-0.25, -0.2) is 104 Å². The van der Waals surface area contributed by atoms with Crippen molar-refractivity contribution >= 4 is 99.5 Å². The lowest BCUT2D eigenvalue weighted by Gasteiger charge is -2.07. The fourth-order valence-electron chi connectivity index (χ4n) is 13.3. The molecule has 0 saturated heterocycles. The minimum Gasteiger partial charge on any atom is -0.466 e. The van der Waals surface area contributed by atoms with Gasteiger partial charge in [-0.05, 0) is 195 Å². The quantitative estimate of drug-likeness (QED) is 0.0172. The first-order valence-corrected chi connectivity index (χ1v) is 45.4. The molecule has 0 amide bonds. The highest BCUT2D eigenvalue weighted by Gasteiger charge is 2.47. The van der Waals surface area contributed by atoms with Crippen LogP contribution >= 0.6 is 58.0 Å². The van der Waals surface area contributed by atoms with E-state index in [0.29, 0.717) is 117 Å². The Kier molecular flexibility index (Phi) is 42.9. The molecule has 3 aliphatic rings. The number of hydrogen-bond donors (Lipinski definition) is 2. The maximum absolute atomic E-state index is 11.8. The number of aromatic nitrogens is 33. The molecule has 0 bridgehead atoms. The van der Waals surface area contributed by atoms with Gasteiger partial charge >= 0.3 is 18.2 Å². The normalized spacial score (nSPS) is 14.5. The lowest BCUT2D eigenvalue weighted by atomic mass is 10.2. The third kappa shape index (κ3) is 34.0. The van der Waals surface area contributed by atoms with Crippen LogP contribution in [0.2, 0.25) is 15.5 Å². The van der Waals surface area contributed by atoms with Gasteiger partial charge in [0.1, 0.15) is 132 Å². The molecule has 6 atom stereocenters. The maximum Gasteiger partial charge on any atom is 0.413 e. The monoisotopic (exact) mass is 1980 g/mol. The van der Waals surface area contributed by atoms with Crippen LogP contribution in [0.5, 0.6) is 0 Å². The Morgan fingerprint density at radius 3 is 1.19 bits per heavy atom. The fourth-order valence-corrected chi connectivity index (χ4v) is 14.2. The van der Waals surface area contributed by atoms with E-state index >= 15 is 0 Å². The minimum absolute atomic E-state index is 0. The smallest absolute Gasteiger partial charge is 0.413 e. The summed E-state index contributed by atoms with van der Waals surface area (Å²) < 4.78 is 20.0. The molecule has 15 heterocycles. The molecule has 0 aliphatic heterocycles. The van der Waals surface area contributed by atoms with Gasteiger partial charge in [0, 0.05) is 90.5 Å². The lowest BCUT2D eigenvalue weighted by Crippen LogP contribution is -2.09. The Labute approximate surface area is 825 Å². The van der Waals surface area contributed by atoms with Crippen molar-refractivity contribution in [1.82, 2.24) is 163 Å². The molecule has 0 aromatic carbocycles. The van der Waals surface area contributed by atoms with Gasteiger partial charge in [0.2, 0.25) is 0 Å². The number of carbonyl (C=O) groups is 3. The molecule has 46 heteroatoms. The number of pyridine rings is 2. The average Bonchev–Trinajstić information content (AvgIpc) is 1.61. The van der Waals surface area contributed by atoms with E-state index in [4.69, 9.17) is 79.0 Å². The van der Waals surface area contributed by atoms with Crippen LogP contribution in [-0.2, 0) is 23.9 Å². The summed E-state index contributed by atoms with van der Waals surface area (Å²) in [5, 5.41) is 29.3. The lowest BCUT2D eigenvalue weighted by molar-refractivity contribution is -0.144. The first kappa shape index (κ1) is 111. The summed E-state index contributed by atoms with van der Waals surface area (Å²) in [5.41, 5.74) is 18.7. The molecule has 15 aromatic rings. The second-order valence-corrected chi connectivity index (χ2v) is 32.4. The van der Waals surface area contributed by atoms with Crippen LogP contribution in [0.4, 0.5) is 5.82 Å². The van der Waals surface area contributed by atoms with Crippen molar-refractivity contribution in [1.29, 1.82) is 0 Å². The third-order valence-corrected chi connectivity index (χ3v) is 19.7. The van der Waals surface area contributed by atoms with E-state index in [0.717, 1.165) is 129 Å². The van der Waals surface area contributed by atoms with E-state index in [9.17, 15) is 14.4 Å². The van der Waals surface area contributed by atoms with Crippen molar-refractivity contribution in [2.45, 2.75) is 203 Å². The number of esters is 2. The van der Waals surface area contributed by atoms with Gasteiger partial charge < -0.3 is 25.1 Å². The number of alkyl halides is 2. The molecule has 18 rings (SSSR count). The topological polar surface area (TPSA) is 512 Å². The van der Waals surface area contributed by atoms with Crippen LogP contribution < -0.4 is 5.73 Å². The van der Waals surface area contributed by atoms with E-state index in [1.54, 1.807) is 74.7 Å². The third-order valence-electron chi connectivity index (χ3n) is 18.9. The number of imidazole rings is 1. The number of halogens is 5. The van der Waals surface area contributed by atoms with Gasteiger partial charge in [0.05, 0.1) is 53.5 Å². The second kappa shape index (κ2) is 53.4. The number of Topliss-reactive ketones (excluding diaryl/α,β-unsaturated/α-hetero) is 1. The number of nitrogens with two attached hydrogens (primary N) is 1. The first-order chi connectivity index (χ1) is 65.2. The van der Waals surface area contributed by atoms with Crippen LogP contribution in [-0.4, -0.2) is 217 Å². The molecule has 3 fully saturated rings. The van der Waals surface area contributed by atoms with Crippen LogP contribution in [0.1, 0.15) is 211 Å². The molecule has 0 radical (unpaired) electrons. The van der Waals surface area contributed by atoms with Crippen molar-refractivity contribution in [2.75, 3.05) is 30.7 Å². The standard InChI is InChI=1S/C19H19N7.C15H19N5O2.C14H16ClN5O.C11H13N5.C9H10ClN5.C5H4Cl2N2.C5H6N2.C4H7N3.C4H6N2O2.C3H6.C2H5Cl.CH4/c1-11-21-16(9-19(22-11)26-13(3)20-12(2)24-26)14-8-15(14)17-10-25-7-5-4-6-18(25)23-17;1-5-22-15(21)12-6-11(12)13-7-14(18-8(2)17-13)20-10(4)16-9(3)19-20;1-7-17-12(10-4-11(10)13(21)6-15)5-14(18-7)20-9(3)16-8(2)19-20;1-5-10-6-11(14-7(2)13-10)16-9(4)12-8(3)15-16;1-5-12-8(10)4-9(13-5)15-7(3)11-6(2)14-15;1-3-8-4(6)2-5(7)9-3;6-5-3-1-2-4-7-5;1-3-5-4(2)7-6-3;1-2-8-4(7)3-6-5;1-3-2;1-2-3;/h4-7,9-10,14-15H,8H2,1-3H3;7,11-12H,5-6H2,1-4H3;5,10-11H,4,6H2,1-3H3;5-6H,1H2,2-4H3;4H,1-3H3;2H,1H3;1-4H,(H2,6,7);1-2H3,(H,5,6,7);3H,2H2,1H3;3H,1H2,2H3;2H2,1H3;1H4/t14?,15-;11?,12-;10?,11-;;;;;;;;;/m111........./s1. The number of H-pyrrole nitrogens is 1. The van der Waals surface area contributed by atoms with E-state index in [-0.39, 0.29) is 48.7 Å². The molecule has 3 aliphatic carbocycles. The number of aromatic amines is 1. The summed E-state index contributed by atoms with van der Waals surface area (Å²) in [6.45, 7) is 48.5. The number of fused-ring (bicyclic) bond motifs is 1. The molecule has 3 unspecified atom stereocenters. The molecule has 0 spiro atoms. The molecule has 728 valence electrons. The number of nitrogens with zero attached hydrogens (tertiary/aromatic N) is 34. The van der Waals surface area contributed by atoms with Crippen LogP contribution in [0.15, 0.2) is 111 Å². The number of ether oxygens (including phenoxy) is 2. The fraction of sp³-hybridized carbons (Fsp3) is 0.391. The molecule has 138 heavy (non-hydrogen) atoms. The highest BCUT2D eigenvalue weighted by Crippen LogP contribution is 2.54. The number of nitrogen functional groups attached to an aromatic ring is 1. The Morgan fingerprint density at radius 1 is 0.464 bits per heavy atom. The van der Waals surface area contributed by atoms with Gasteiger partial charge in [-0.2, -0.15) is 33.3 Å². The van der Waals surface area contributed by atoms with Crippen LogP contribution in [0.3, 0.4) is 0 Å². The van der Waals surface area contributed by atoms with Gasteiger partial charge in [-0.3, -0.25) is 14.7 Å². The van der Waals surface area contributed by atoms with Crippen molar-refractivity contribution < 1.29 is 28.6 Å². The predicted molar refractivity (Wildman–Crippen MR) is 527 cm³/mol. The van der Waals surface area contributed by atoms with E-state index in [1.807, 2.05) is 192 Å². The minimum atomic E-state index is -0.630. The molecule has 41 nitrogen and oxygen atoms in total. The number of anilines is 1. The van der Waals surface area contributed by atoms with Gasteiger partial charge in [0.15, 0.2) is 34.9 Å². The summed E-state index contributed by atoms with van der Waals surface area (Å²) >= 11 is 27.5. The van der Waals surface area contributed by atoms with Crippen molar-refractivity contribution in [3.63, 3.8) is 0 Å². The summed E-state index contributed by atoms with van der Waals surface area (Å²) in [6.07, 6.45) is 12.6. The zero-order valence-electron chi connectivity index (χ0n) is 80.4. The van der Waals surface area contributed by atoms with E-state index in [2.05, 4.69) is 164 Å². The number of carbonyl (C=O) groups excluding carboxylic acids is 3. The summed E-state index contributed by atoms with van der Waals surface area (Å²) in [4.78, 5) is 121. The molecule has 15 aromatic heterocycles. The van der Waals surface area contributed by atoms with Gasteiger partial charge in [0.25, 0.3) is 0 Å². The SMILES string of the molecule is C.C=CC.C=Cc1cc(-n2nc(C)nc2C)nc(C)n1.CCCl.CCOC(=O)C=[N+]=[N-].CCOC(=O)[C@@H]1CC1c1cc(-n2nc(C)nc2C)nc(C)n1.Cc1n[nH]c(C)n1.Cc1nc(C2C[C@H]2C(=O)CCl)cc(-n2nc(C)nc2C)n1.Cc1nc(C2C[C@H]2c2cn3ccccc3n2)cc(-n2nc(C)nc2C)n1.Cc1nc(Cl)cc(-n2nc(C)nc2C)n1.Cc1nc(Cl)cc(Cl)n1.Nc1ccccn1. The Balaban J connectivity index is 0.000000216. The largest absolute Gasteiger partial charge is 0.466 e. The van der Waals surface area contributed by atoms with Crippen LogP contribution in [0, 0.1) is 136 Å². The Morgan fingerprint density at radius 2 is 0.848 bits per heavy atom. The molecule has 3 N–H and O–H groups in total. The van der Waals surface area contributed by atoms with Crippen molar-refractivity contribution in [3.8, 4) is 29.1 Å². The summed E-state index contributed by atoms with van der Waals surface area (Å²) in [6, 6.07) is 22.3. The number of rotatable bonds is 16. The zero-order chi connectivity index (χ0) is 101. The Hall–Kier alpha value is -14.1. The number of hydrogen-bond acceptors (Lipinski definition) is 32. The number of nitrogens with one attached hydrogen (secondary N) is 1. The Bertz CT molecular complexity index is 6520. The highest BCUT2D eigenvalue weighted by atomic mass is 35.5. The first-order valence-electron chi connectivity index (χ1n) is 43.2. The van der Waals surface area contributed by atoms with Gasteiger partial charge in [-0.1, -0.05) is 73.9 Å². The summed E-state index contributed by atoms with van der Waals surface area (Å²) in [5.74, 6) is 18.4. The van der Waals surface area contributed by atoms with Gasteiger partial charge in [-0.15, -0.1) is 55.3 Å². The highest BCUT2D eigenvalue weighted by molar-refractivity contribution is 6.33. The number of ketones is 1. The van der Waals surface area contributed by atoms with Crippen molar-refractivity contribution in [3.05, 3.63) is 265 Å². The average molecular weight is 1980 g/mol. The van der Waals surface area contributed by atoms with Crippen LogP contribution in [0.25, 0.3) is 46.3 Å². The predicted octanol–water partition coefficient (Wildman–Crippen LogP) is 15.8. The number of aryl methyl sites for hydroxylation is 18. The zero-order valence-corrected chi connectivity index (χ0v) is 84.2. The second-order valence-electron chi connectivity index (χ2n) is 30.5. The number of allylic oxidation sites excluding steroid dienone is 1. The van der Waals surface area contributed by atoms with E-state index in [1.165, 1.54) is 6.07 Å². The molecular weight excluding hydrogens is 1870 g/mol. The molecule has 3 saturated carbocycles. The maximum atomic E-state index is 11.8.